The maximum atomic E-state index is 12.6. The van der Waals surface area contributed by atoms with E-state index in [1.54, 1.807) is 43.3 Å². The van der Waals surface area contributed by atoms with Crippen LogP contribution in [0.15, 0.2) is 59.0 Å². The maximum absolute atomic E-state index is 12.6. The van der Waals surface area contributed by atoms with Crippen molar-refractivity contribution >= 4 is 17.6 Å². The number of esters is 1. The Hall–Kier alpha value is -3.88. The fourth-order valence-corrected chi connectivity index (χ4v) is 2.66. The molecule has 0 radical (unpaired) electrons. The van der Waals surface area contributed by atoms with E-state index in [-0.39, 0.29) is 23.8 Å². The number of anilines is 1. The van der Waals surface area contributed by atoms with Gasteiger partial charge in [-0.25, -0.2) is 4.79 Å². The Labute approximate surface area is 176 Å². The number of furan rings is 1. The molecule has 9 heteroatoms. The molecule has 1 heterocycles. The summed E-state index contributed by atoms with van der Waals surface area (Å²) in [5, 5.41) is 2.51. The van der Waals surface area contributed by atoms with Gasteiger partial charge in [-0.15, -0.1) is 0 Å². The third kappa shape index (κ3) is 5.81. The number of nitrogens with one attached hydrogen (secondary N) is 1. The number of halogens is 2. The fourth-order valence-electron chi connectivity index (χ4n) is 2.66. The summed E-state index contributed by atoms with van der Waals surface area (Å²) in [5.41, 5.74) is 1.24. The van der Waals surface area contributed by atoms with E-state index >= 15 is 0 Å². The number of alkyl halides is 2. The van der Waals surface area contributed by atoms with Crippen LogP contribution in [0.25, 0.3) is 0 Å². The highest BCUT2D eigenvalue weighted by molar-refractivity contribution is 6.03. The van der Waals surface area contributed by atoms with Gasteiger partial charge in [0.25, 0.3) is 5.91 Å². The number of benzene rings is 2. The second-order valence-electron chi connectivity index (χ2n) is 6.40. The van der Waals surface area contributed by atoms with E-state index in [2.05, 4.69) is 14.8 Å². The van der Waals surface area contributed by atoms with Crippen LogP contribution in [-0.4, -0.2) is 25.6 Å². The quantitative estimate of drug-likeness (QED) is 0.515. The van der Waals surface area contributed by atoms with E-state index in [0.717, 1.165) is 5.56 Å². The number of carbonyl (C=O) groups is 2. The number of amides is 1. The van der Waals surface area contributed by atoms with Crippen LogP contribution in [0.5, 0.6) is 11.5 Å². The molecule has 0 spiro atoms. The summed E-state index contributed by atoms with van der Waals surface area (Å²) in [6.07, 6.45) is 0. The Morgan fingerprint density at radius 1 is 1.06 bits per heavy atom. The highest BCUT2D eigenvalue weighted by Gasteiger charge is 2.16. The molecule has 162 valence electrons. The number of carbonyl (C=O) groups excluding carboxylic acids is 2. The average Bonchev–Trinajstić information content (AvgIpc) is 3.23. The third-order valence-corrected chi connectivity index (χ3v) is 4.14. The van der Waals surface area contributed by atoms with E-state index in [1.165, 1.54) is 25.3 Å². The Kier molecular flexibility index (Phi) is 6.86. The van der Waals surface area contributed by atoms with Crippen LogP contribution in [0.2, 0.25) is 0 Å². The number of ether oxygens (including phenoxy) is 3. The molecule has 0 aliphatic rings. The normalized spacial score (nSPS) is 10.6. The van der Waals surface area contributed by atoms with Crippen LogP contribution in [0.3, 0.4) is 0 Å². The van der Waals surface area contributed by atoms with Crippen LogP contribution in [0, 0.1) is 6.92 Å². The monoisotopic (exact) mass is 431 g/mol. The largest absolute Gasteiger partial charge is 0.486 e. The zero-order chi connectivity index (χ0) is 22.4. The lowest BCUT2D eigenvalue weighted by molar-refractivity contribution is -0.0493. The second kappa shape index (κ2) is 9.75. The van der Waals surface area contributed by atoms with Gasteiger partial charge in [0.1, 0.15) is 23.9 Å². The first-order valence-electron chi connectivity index (χ1n) is 9.12. The highest BCUT2D eigenvalue weighted by Crippen LogP contribution is 2.28. The summed E-state index contributed by atoms with van der Waals surface area (Å²) in [4.78, 5) is 23.9. The van der Waals surface area contributed by atoms with Gasteiger partial charge in [0.15, 0.2) is 5.76 Å². The van der Waals surface area contributed by atoms with Crippen LogP contribution >= 0.6 is 0 Å². The van der Waals surface area contributed by atoms with Crippen LogP contribution in [-0.2, 0) is 11.3 Å². The molecule has 1 N–H and O–H groups in total. The molecular weight excluding hydrogens is 412 g/mol. The van der Waals surface area contributed by atoms with Crippen molar-refractivity contribution in [2.45, 2.75) is 20.1 Å². The first kappa shape index (κ1) is 21.8. The van der Waals surface area contributed by atoms with Crippen molar-refractivity contribution < 1.29 is 37.0 Å². The molecule has 31 heavy (non-hydrogen) atoms. The van der Waals surface area contributed by atoms with E-state index in [9.17, 15) is 18.4 Å². The molecule has 3 rings (SSSR count). The van der Waals surface area contributed by atoms with Gasteiger partial charge >= 0.3 is 12.6 Å². The number of methoxy groups -OCH3 is 1. The molecule has 1 amide bonds. The van der Waals surface area contributed by atoms with Gasteiger partial charge in [-0.3, -0.25) is 4.79 Å². The number of aryl methyl sites for hydroxylation is 1. The Morgan fingerprint density at radius 3 is 2.48 bits per heavy atom. The van der Waals surface area contributed by atoms with Crippen LogP contribution < -0.4 is 14.8 Å². The Balaban J connectivity index is 1.62. The molecule has 3 aromatic rings. The summed E-state index contributed by atoms with van der Waals surface area (Å²) in [6.45, 7) is -1.23. The summed E-state index contributed by atoms with van der Waals surface area (Å²) < 4.78 is 45.3. The molecule has 0 unspecified atom stereocenters. The van der Waals surface area contributed by atoms with Crippen LogP contribution in [0.1, 0.15) is 32.2 Å². The van der Waals surface area contributed by atoms with E-state index < -0.39 is 18.5 Å². The third-order valence-electron chi connectivity index (χ3n) is 4.14. The van der Waals surface area contributed by atoms with E-state index in [1.807, 2.05) is 0 Å². The molecule has 0 fully saturated rings. The van der Waals surface area contributed by atoms with Gasteiger partial charge < -0.3 is 23.9 Å². The molecule has 2 aromatic carbocycles. The lowest BCUT2D eigenvalue weighted by Gasteiger charge is -2.12. The molecule has 0 aliphatic heterocycles. The standard InChI is InChI=1S/C22H19F2NO6/c1-13-3-9-18(31-22(23)24)17(11-13)25-20(26)19-10-8-16(30-19)12-29-15-6-4-14(5-7-15)21(27)28-2/h3-11,22H,12H2,1-2H3,(H,25,26). The minimum absolute atomic E-state index is 0.0239. The number of rotatable bonds is 8. The fraction of sp³-hybridized carbons (Fsp3) is 0.182. The Morgan fingerprint density at radius 2 is 1.81 bits per heavy atom. The zero-order valence-electron chi connectivity index (χ0n) is 16.7. The van der Waals surface area contributed by atoms with Gasteiger partial charge in [0, 0.05) is 0 Å². The smallest absolute Gasteiger partial charge is 0.387 e. The average molecular weight is 431 g/mol. The first-order chi connectivity index (χ1) is 14.9. The summed E-state index contributed by atoms with van der Waals surface area (Å²) in [5.74, 6) is -0.398. The second-order valence-corrected chi connectivity index (χ2v) is 6.40. The van der Waals surface area contributed by atoms with Gasteiger partial charge in [-0.2, -0.15) is 8.78 Å². The van der Waals surface area contributed by atoms with Crippen molar-refractivity contribution in [3.8, 4) is 11.5 Å². The first-order valence-corrected chi connectivity index (χ1v) is 9.12. The topological polar surface area (TPSA) is 87.0 Å². The van der Waals surface area contributed by atoms with Gasteiger partial charge in [0.05, 0.1) is 18.4 Å². The summed E-state index contributed by atoms with van der Waals surface area (Å²) in [7, 11) is 1.29. The molecule has 0 saturated carbocycles. The molecule has 1 aromatic heterocycles. The zero-order valence-corrected chi connectivity index (χ0v) is 16.7. The van der Waals surface area contributed by atoms with E-state index in [4.69, 9.17) is 9.15 Å². The Bertz CT molecular complexity index is 1060. The maximum Gasteiger partial charge on any atom is 0.387 e. The number of hydrogen-bond donors (Lipinski definition) is 1. The summed E-state index contributed by atoms with van der Waals surface area (Å²) >= 11 is 0. The van der Waals surface area contributed by atoms with Crippen molar-refractivity contribution in [2.75, 3.05) is 12.4 Å². The van der Waals surface area contributed by atoms with E-state index in [0.29, 0.717) is 17.1 Å². The molecule has 0 aliphatic carbocycles. The van der Waals surface area contributed by atoms with Gasteiger partial charge in [-0.1, -0.05) is 6.07 Å². The minimum Gasteiger partial charge on any atom is -0.486 e. The SMILES string of the molecule is COC(=O)c1ccc(OCc2ccc(C(=O)Nc3cc(C)ccc3OC(F)F)o2)cc1. The predicted octanol–water partition coefficient (Wildman–Crippen LogP) is 4.81. The van der Waals surface area contributed by atoms with Crippen molar-refractivity contribution in [3.63, 3.8) is 0 Å². The number of hydrogen-bond acceptors (Lipinski definition) is 6. The van der Waals surface area contributed by atoms with Crippen molar-refractivity contribution in [2.24, 2.45) is 0 Å². The molecule has 0 saturated heterocycles. The van der Waals surface area contributed by atoms with Gasteiger partial charge in [-0.05, 0) is 61.0 Å². The molecule has 7 nitrogen and oxygen atoms in total. The molecule has 0 bridgehead atoms. The van der Waals surface area contributed by atoms with Crippen molar-refractivity contribution in [1.82, 2.24) is 0 Å². The van der Waals surface area contributed by atoms with Crippen molar-refractivity contribution in [1.29, 1.82) is 0 Å². The summed E-state index contributed by atoms with van der Waals surface area (Å²) in [6, 6.07) is 13.8. The van der Waals surface area contributed by atoms with Crippen molar-refractivity contribution in [3.05, 3.63) is 77.2 Å². The molecule has 0 atom stereocenters. The molecular formula is C22H19F2NO6. The van der Waals surface area contributed by atoms with Gasteiger partial charge in [0.2, 0.25) is 0 Å². The highest BCUT2D eigenvalue weighted by atomic mass is 19.3. The predicted molar refractivity (Wildman–Crippen MR) is 107 cm³/mol. The minimum atomic E-state index is -3.02. The van der Waals surface area contributed by atoms with Crippen LogP contribution in [0.4, 0.5) is 14.5 Å². The lowest BCUT2D eigenvalue weighted by atomic mass is 10.2. The lowest BCUT2D eigenvalue weighted by Crippen LogP contribution is -2.13.